The lowest BCUT2D eigenvalue weighted by atomic mass is 10.1. The van der Waals surface area contributed by atoms with Gasteiger partial charge in [0, 0.05) is 6.54 Å². The first-order valence-electron chi connectivity index (χ1n) is 5.80. The van der Waals surface area contributed by atoms with Crippen LogP contribution in [0.2, 0.25) is 0 Å². The smallest absolute Gasteiger partial charge is 0.126 e. The summed E-state index contributed by atoms with van der Waals surface area (Å²) in [6.07, 6.45) is 1.91. The zero-order chi connectivity index (χ0) is 11.8. The Morgan fingerprint density at radius 1 is 1.25 bits per heavy atom. The first-order valence-corrected chi connectivity index (χ1v) is 5.80. The minimum Gasteiger partial charge on any atom is -0.320 e. The van der Waals surface area contributed by atoms with Crippen molar-refractivity contribution in [3.8, 4) is 0 Å². The Morgan fingerprint density at radius 2 is 2.00 bits per heavy atom. The summed E-state index contributed by atoms with van der Waals surface area (Å²) in [6, 6.07) is 7.00. The van der Waals surface area contributed by atoms with Crippen LogP contribution in [0, 0.1) is 5.82 Å². The molecule has 0 saturated heterocycles. The van der Waals surface area contributed by atoms with Crippen LogP contribution in [0.3, 0.4) is 0 Å². The molecule has 0 fully saturated rings. The molecule has 0 aliphatic carbocycles. The lowest BCUT2D eigenvalue weighted by molar-refractivity contribution is 0.331. The van der Waals surface area contributed by atoms with E-state index in [1.807, 2.05) is 19.2 Å². The summed E-state index contributed by atoms with van der Waals surface area (Å²) in [5.74, 6) is -0.0916. The average molecular weight is 224 g/mol. The van der Waals surface area contributed by atoms with Crippen molar-refractivity contribution in [1.82, 2.24) is 10.2 Å². The Morgan fingerprint density at radius 3 is 2.69 bits per heavy atom. The molecule has 16 heavy (non-hydrogen) atoms. The molecule has 0 aliphatic rings. The van der Waals surface area contributed by atoms with Gasteiger partial charge in [-0.1, -0.05) is 18.2 Å². The zero-order valence-electron chi connectivity index (χ0n) is 10.2. The molecule has 1 rings (SSSR count). The number of hydrogen-bond acceptors (Lipinski definition) is 2. The van der Waals surface area contributed by atoms with Crippen molar-refractivity contribution < 1.29 is 4.39 Å². The first kappa shape index (κ1) is 13.1. The third-order valence-electron chi connectivity index (χ3n) is 2.69. The van der Waals surface area contributed by atoms with E-state index in [2.05, 4.69) is 17.3 Å². The lowest BCUT2D eigenvalue weighted by Gasteiger charge is -2.16. The van der Waals surface area contributed by atoms with E-state index in [0.29, 0.717) is 0 Å². The zero-order valence-corrected chi connectivity index (χ0v) is 10.2. The van der Waals surface area contributed by atoms with Crippen LogP contribution in [-0.4, -0.2) is 38.6 Å². The molecule has 0 unspecified atom stereocenters. The Balaban J connectivity index is 2.26. The van der Waals surface area contributed by atoms with Gasteiger partial charge >= 0.3 is 0 Å². The predicted octanol–water partition coefficient (Wildman–Crippen LogP) is 1.91. The number of halogens is 1. The summed E-state index contributed by atoms with van der Waals surface area (Å²) in [6.45, 7) is 2.99. The highest BCUT2D eigenvalue weighted by Crippen LogP contribution is 2.07. The van der Waals surface area contributed by atoms with Gasteiger partial charge in [0.05, 0.1) is 0 Å². The molecule has 0 spiro atoms. The highest BCUT2D eigenvalue weighted by Gasteiger charge is 2.02. The van der Waals surface area contributed by atoms with Gasteiger partial charge in [0.15, 0.2) is 0 Å². The van der Waals surface area contributed by atoms with Crippen LogP contribution in [0.1, 0.15) is 12.0 Å². The van der Waals surface area contributed by atoms with Crippen molar-refractivity contribution in [2.24, 2.45) is 0 Å². The normalized spacial score (nSPS) is 11.0. The number of nitrogens with one attached hydrogen (secondary N) is 1. The molecule has 0 saturated carbocycles. The molecule has 0 amide bonds. The van der Waals surface area contributed by atoms with Gasteiger partial charge in [-0.05, 0) is 51.7 Å². The topological polar surface area (TPSA) is 15.3 Å². The van der Waals surface area contributed by atoms with Crippen LogP contribution >= 0.6 is 0 Å². The second kappa shape index (κ2) is 7.36. The molecule has 0 radical (unpaired) electrons. The molecular formula is C13H21FN2. The molecule has 90 valence electrons. The van der Waals surface area contributed by atoms with Crippen molar-refractivity contribution in [3.05, 3.63) is 35.6 Å². The van der Waals surface area contributed by atoms with Crippen LogP contribution in [0.15, 0.2) is 24.3 Å². The van der Waals surface area contributed by atoms with E-state index in [0.717, 1.165) is 38.0 Å². The quantitative estimate of drug-likeness (QED) is 0.712. The van der Waals surface area contributed by atoms with E-state index in [9.17, 15) is 4.39 Å². The van der Waals surface area contributed by atoms with Crippen LogP contribution in [0.4, 0.5) is 4.39 Å². The Hall–Kier alpha value is -0.930. The van der Waals surface area contributed by atoms with E-state index < -0.39 is 0 Å². The molecule has 0 aromatic heterocycles. The average Bonchev–Trinajstić information content (AvgIpc) is 2.28. The maximum atomic E-state index is 13.3. The summed E-state index contributed by atoms with van der Waals surface area (Å²) in [7, 11) is 4.04. The fraction of sp³-hybridized carbons (Fsp3) is 0.538. The van der Waals surface area contributed by atoms with Gasteiger partial charge in [-0.25, -0.2) is 4.39 Å². The maximum absolute atomic E-state index is 13.3. The van der Waals surface area contributed by atoms with Crippen LogP contribution in [0.5, 0.6) is 0 Å². The Bertz CT molecular complexity index is 302. The van der Waals surface area contributed by atoms with Crippen LogP contribution in [-0.2, 0) is 6.42 Å². The van der Waals surface area contributed by atoms with Crippen LogP contribution < -0.4 is 5.32 Å². The number of benzene rings is 1. The fourth-order valence-electron chi connectivity index (χ4n) is 1.65. The van der Waals surface area contributed by atoms with Gasteiger partial charge in [-0.2, -0.15) is 0 Å². The summed E-state index contributed by atoms with van der Waals surface area (Å²) in [5, 5.41) is 3.12. The third kappa shape index (κ3) is 4.73. The molecule has 2 nitrogen and oxygen atoms in total. The van der Waals surface area contributed by atoms with E-state index in [1.165, 1.54) is 6.07 Å². The number of rotatable bonds is 7. The first-order chi connectivity index (χ1) is 7.74. The van der Waals surface area contributed by atoms with Gasteiger partial charge in [0.25, 0.3) is 0 Å². The van der Waals surface area contributed by atoms with E-state index in [1.54, 1.807) is 6.07 Å². The van der Waals surface area contributed by atoms with E-state index in [4.69, 9.17) is 0 Å². The molecular weight excluding hydrogens is 203 g/mol. The Labute approximate surface area is 97.5 Å². The van der Waals surface area contributed by atoms with Crippen molar-refractivity contribution in [2.45, 2.75) is 12.8 Å². The van der Waals surface area contributed by atoms with Gasteiger partial charge in [0.1, 0.15) is 5.82 Å². The summed E-state index contributed by atoms with van der Waals surface area (Å²) in [4.78, 5) is 2.24. The molecule has 0 atom stereocenters. The second-order valence-corrected chi connectivity index (χ2v) is 4.10. The number of hydrogen-bond donors (Lipinski definition) is 1. The minimum absolute atomic E-state index is 0.0916. The van der Waals surface area contributed by atoms with Crippen molar-refractivity contribution in [2.75, 3.05) is 33.7 Å². The molecule has 0 heterocycles. The summed E-state index contributed by atoms with van der Waals surface area (Å²) < 4.78 is 13.3. The molecule has 1 N–H and O–H groups in total. The molecule has 1 aromatic carbocycles. The summed E-state index contributed by atoms with van der Waals surface area (Å²) in [5.41, 5.74) is 0.808. The SMILES string of the molecule is CNCCCN(C)CCc1ccccc1F. The van der Waals surface area contributed by atoms with Crippen molar-refractivity contribution in [1.29, 1.82) is 0 Å². The lowest BCUT2D eigenvalue weighted by Crippen LogP contribution is -2.25. The molecule has 0 bridgehead atoms. The van der Waals surface area contributed by atoms with Crippen molar-refractivity contribution in [3.63, 3.8) is 0 Å². The summed E-state index contributed by atoms with van der Waals surface area (Å²) >= 11 is 0. The van der Waals surface area contributed by atoms with E-state index in [-0.39, 0.29) is 5.82 Å². The highest BCUT2D eigenvalue weighted by atomic mass is 19.1. The maximum Gasteiger partial charge on any atom is 0.126 e. The third-order valence-corrected chi connectivity index (χ3v) is 2.69. The van der Waals surface area contributed by atoms with Gasteiger partial charge in [0.2, 0.25) is 0 Å². The molecule has 0 aliphatic heterocycles. The standard InChI is InChI=1S/C13H21FN2/c1-15-9-5-10-16(2)11-8-12-6-3-4-7-13(12)14/h3-4,6-7,15H,5,8-11H2,1-2H3. The highest BCUT2D eigenvalue weighted by molar-refractivity contribution is 5.17. The van der Waals surface area contributed by atoms with Gasteiger partial charge in [-0.15, -0.1) is 0 Å². The predicted molar refractivity (Wildman–Crippen MR) is 66.1 cm³/mol. The van der Waals surface area contributed by atoms with Gasteiger partial charge in [-0.3, -0.25) is 0 Å². The second-order valence-electron chi connectivity index (χ2n) is 4.10. The Kier molecular flexibility index (Phi) is 6.04. The van der Waals surface area contributed by atoms with Crippen LogP contribution in [0.25, 0.3) is 0 Å². The number of nitrogens with zero attached hydrogens (tertiary/aromatic N) is 1. The van der Waals surface area contributed by atoms with Gasteiger partial charge < -0.3 is 10.2 Å². The van der Waals surface area contributed by atoms with Crippen molar-refractivity contribution >= 4 is 0 Å². The molecule has 1 aromatic rings. The monoisotopic (exact) mass is 224 g/mol. The fourth-order valence-corrected chi connectivity index (χ4v) is 1.65. The molecule has 3 heteroatoms. The number of likely N-dealkylation sites (N-methyl/N-ethyl adjacent to an activating group) is 1. The minimum atomic E-state index is -0.0916. The van der Waals surface area contributed by atoms with E-state index >= 15 is 0 Å². The largest absolute Gasteiger partial charge is 0.320 e.